The highest BCUT2D eigenvalue weighted by molar-refractivity contribution is 5.01. The van der Waals surface area contributed by atoms with Crippen molar-refractivity contribution in [3.63, 3.8) is 0 Å². The number of aliphatic hydroxyl groups excluding tert-OH is 5. The van der Waals surface area contributed by atoms with Crippen LogP contribution in [0.15, 0.2) is 0 Å². The Hall–Kier alpha value is -0.200. The Morgan fingerprint density at radius 3 is 0.700 bits per heavy atom. The van der Waals surface area contributed by atoms with Crippen LogP contribution in [0, 0.1) is 16.7 Å². The molecule has 1 aliphatic carbocycles. The number of rotatable bonds is 5. The second-order valence-corrected chi connectivity index (χ2v) is 16.9. The van der Waals surface area contributed by atoms with Gasteiger partial charge in [-0.15, -0.1) is 0 Å². The zero-order valence-corrected chi connectivity index (χ0v) is 33.5. The Morgan fingerprint density at radius 1 is 0.280 bits per heavy atom. The van der Waals surface area contributed by atoms with E-state index in [1.807, 2.05) is 0 Å². The zero-order valence-electron chi connectivity index (χ0n) is 33.5. The number of hydrogen-bond donors (Lipinski definition) is 5. The lowest BCUT2D eigenvalue weighted by Crippen LogP contribution is -2.57. The minimum Gasteiger partial charge on any atom is -0.396 e. The summed E-state index contributed by atoms with van der Waals surface area (Å²) in [5.74, 6) is -0.350. The fourth-order valence-electron chi connectivity index (χ4n) is 9.08. The third-order valence-electron chi connectivity index (χ3n) is 12.9. The molecule has 50 heavy (non-hydrogen) atoms. The molecular formula is C45H90O5. The summed E-state index contributed by atoms with van der Waals surface area (Å²) in [5, 5.41) is 53.0. The van der Waals surface area contributed by atoms with Crippen molar-refractivity contribution in [2.45, 2.75) is 238 Å². The quantitative estimate of drug-likeness (QED) is 0.195. The molecule has 5 heteroatoms. The topological polar surface area (TPSA) is 101 Å². The number of aliphatic hydroxyl groups is 5. The molecule has 1 atom stereocenters. The Kier molecular flexibility index (Phi) is 33.1. The van der Waals surface area contributed by atoms with Crippen LogP contribution in [0.2, 0.25) is 0 Å². The van der Waals surface area contributed by atoms with Crippen LogP contribution in [0.25, 0.3) is 0 Å². The lowest BCUT2D eigenvalue weighted by Gasteiger charge is -2.51. The summed E-state index contributed by atoms with van der Waals surface area (Å²) in [6.45, 7) is -1.41. The van der Waals surface area contributed by atoms with E-state index >= 15 is 0 Å². The molecule has 1 unspecified atom stereocenters. The van der Waals surface area contributed by atoms with Crippen LogP contribution in [-0.2, 0) is 0 Å². The van der Waals surface area contributed by atoms with Gasteiger partial charge < -0.3 is 25.5 Å². The lowest BCUT2D eigenvalue weighted by atomic mass is 9.55. The molecule has 0 aliphatic heterocycles. The largest absolute Gasteiger partial charge is 0.396 e. The minimum absolute atomic E-state index is 0.150. The van der Waals surface area contributed by atoms with E-state index in [9.17, 15) is 25.5 Å². The molecule has 0 saturated heterocycles. The maximum absolute atomic E-state index is 10.7. The van der Waals surface area contributed by atoms with E-state index in [0.717, 1.165) is 32.1 Å². The van der Waals surface area contributed by atoms with Crippen molar-refractivity contribution < 1.29 is 25.5 Å². The standard InChI is InChI=1S/C45H90O5/c46-38-43-36-34-32-30-28-26-24-22-20-18-16-14-12-10-8-6-4-2-1-3-5-7-9-11-13-15-17-19-21-23-25-27-29-31-33-35-37-44(39-47,40-48)45(43,41-49)42-50/h43,46-50H,1-42H2. The fourth-order valence-corrected chi connectivity index (χ4v) is 9.08. The van der Waals surface area contributed by atoms with Crippen molar-refractivity contribution in [1.82, 2.24) is 0 Å². The summed E-state index contributed by atoms with van der Waals surface area (Å²) in [4.78, 5) is 0. The molecule has 1 aliphatic rings. The molecule has 0 radical (unpaired) electrons. The molecule has 0 bridgehead atoms. The monoisotopic (exact) mass is 711 g/mol. The summed E-state index contributed by atoms with van der Waals surface area (Å²) in [5.41, 5.74) is -2.10. The van der Waals surface area contributed by atoms with Crippen molar-refractivity contribution >= 4 is 0 Å². The first-order valence-electron chi connectivity index (χ1n) is 22.7. The molecule has 1 rings (SSSR count). The lowest BCUT2D eigenvalue weighted by molar-refractivity contribution is -0.159. The van der Waals surface area contributed by atoms with Crippen molar-refractivity contribution in [3.8, 4) is 0 Å². The van der Waals surface area contributed by atoms with Crippen molar-refractivity contribution in [2.24, 2.45) is 16.7 Å². The van der Waals surface area contributed by atoms with Crippen molar-refractivity contribution in [3.05, 3.63) is 0 Å². The van der Waals surface area contributed by atoms with Crippen LogP contribution in [0.5, 0.6) is 0 Å². The van der Waals surface area contributed by atoms with Crippen LogP contribution in [0.4, 0.5) is 0 Å². The molecule has 5 nitrogen and oxygen atoms in total. The first-order valence-corrected chi connectivity index (χ1v) is 22.7. The van der Waals surface area contributed by atoms with E-state index in [1.165, 1.54) is 193 Å². The van der Waals surface area contributed by atoms with Gasteiger partial charge in [0.05, 0.1) is 26.4 Å². The number of hydrogen-bond acceptors (Lipinski definition) is 5. The smallest absolute Gasteiger partial charge is 0.0520 e. The highest BCUT2D eigenvalue weighted by atomic mass is 16.3. The Balaban J connectivity index is 2.50. The summed E-state index contributed by atoms with van der Waals surface area (Å²) in [7, 11) is 0. The van der Waals surface area contributed by atoms with Gasteiger partial charge in [0.1, 0.15) is 0 Å². The van der Waals surface area contributed by atoms with Crippen molar-refractivity contribution in [2.75, 3.05) is 33.0 Å². The maximum atomic E-state index is 10.7. The first-order chi connectivity index (χ1) is 24.7. The molecule has 1 saturated carbocycles. The van der Waals surface area contributed by atoms with Gasteiger partial charge in [0, 0.05) is 17.4 Å². The van der Waals surface area contributed by atoms with Crippen LogP contribution < -0.4 is 0 Å². The predicted molar refractivity (Wildman–Crippen MR) is 215 cm³/mol. The van der Waals surface area contributed by atoms with E-state index in [2.05, 4.69) is 0 Å². The third-order valence-corrected chi connectivity index (χ3v) is 12.9. The summed E-state index contributed by atoms with van der Waals surface area (Å²) >= 11 is 0. The zero-order chi connectivity index (χ0) is 36.3. The van der Waals surface area contributed by atoms with Crippen LogP contribution in [-0.4, -0.2) is 58.6 Å². The van der Waals surface area contributed by atoms with Crippen molar-refractivity contribution in [1.29, 1.82) is 0 Å². The molecule has 300 valence electrons. The van der Waals surface area contributed by atoms with Gasteiger partial charge in [-0.3, -0.25) is 0 Å². The van der Waals surface area contributed by atoms with E-state index < -0.39 is 10.8 Å². The maximum Gasteiger partial charge on any atom is 0.0520 e. The van der Waals surface area contributed by atoms with Gasteiger partial charge in [0.2, 0.25) is 0 Å². The van der Waals surface area contributed by atoms with Gasteiger partial charge in [0.15, 0.2) is 0 Å². The van der Waals surface area contributed by atoms with Gasteiger partial charge in [-0.1, -0.05) is 225 Å². The van der Waals surface area contributed by atoms with Crippen LogP contribution in [0.1, 0.15) is 238 Å². The van der Waals surface area contributed by atoms with E-state index in [4.69, 9.17) is 0 Å². The average Bonchev–Trinajstić information content (AvgIpc) is 3.14. The molecule has 0 aromatic carbocycles. The minimum atomic E-state index is -1.10. The molecule has 1 fully saturated rings. The summed E-state index contributed by atoms with van der Waals surface area (Å²) in [6.07, 6.45) is 47.7. The highest BCUT2D eigenvalue weighted by Gasteiger charge is 2.53. The van der Waals surface area contributed by atoms with Crippen LogP contribution >= 0.6 is 0 Å². The second kappa shape index (κ2) is 34.6. The molecule has 0 aromatic heterocycles. The third kappa shape index (κ3) is 21.5. The van der Waals surface area contributed by atoms with Gasteiger partial charge in [0.25, 0.3) is 0 Å². The Labute approximate surface area is 312 Å². The molecule has 0 spiro atoms. The predicted octanol–water partition coefficient (Wildman–Crippen LogP) is 12.0. The van der Waals surface area contributed by atoms with E-state index in [1.54, 1.807) is 0 Å². The Morgan fingerprint density at radius 2 is 0.500 bits per heavy atom. The summed E-state index contributed by atoms with van der Waals surface area (Å²) < 4.78 is 0. The summed E-state index contributed by atoms with van der Waals surface area (Å²) in [6, 6.07) is 0. The fraction of sp³-hybridized carbons (Fsp3) is 1.00. The Bertz CT molecular complexity index is 676. The van der Waals surface area contributed by atoms with Gasteiger partial charge in [-0.2, -0.15) is 0 Å². The molecule has 0 amide bonds. The molecule has 0 aromatic rings. The highest BCUT2D eigenvalue weighted by Crippen LogP contribution is 2.49. The molecule has 5 N–H and O–H groups in total. The van der Waals surface area contributed by atoms with Crippen LogP contribution in [0.3, 0.4) is 0 Å². The van der Waals surface area contributed by atoms with Gasteiger partial charge in [-0.05, 0) is 18.8 Å². The normalized spacial score (nSPS) is 25.3. The first kappa shape index (κ1) is 47.8. The van der Waals surface area contributed by atoms with Gasteiger partial charge >= 0.3 is 0 Å². The SMILES string of the molecule is OCC1CCCCCCCCCCCCCCCCCCCCCCCCCCCCCCCCCCCCCC(CO)(CO)C1(CO)CO. The average molecular weight is 711 g/mol. The van der Waals surface area contributed by atoms with E-state index in [0.29, 0.717) is 12.8 Å². The molecule has 0 heterocycles. The van der Waals surface area contributed by atoms with Gasteiger partial charge in [-0.25, -0.2) is 0 Å². The molecular weight excluding hydrogens is 620 g/mol. The van der Waals surface area contributed by atoms with E-state index in [-0.39, 0.29) is 39.0 Å². The second-order valence-electron chi connectivity index (χ2n) is 16.9.